The third-order valence-electron chi connectivity index (χ3n) is 5.62. The molecule has 3 aromatic rings. The number of amides is 1. The van der Waals surface area contributed by atoms with Gasteiger partial charge in [-0.25, -0.2) is 4.98 Å². The molecule has 5 nitrogen and oxygen atoms in total. The molecule has 0 bridgehead atoms. The quantitative estimate of drug-likeness (QED) is 0.323. The Morgan fingerprint density at radius 3 is 2.31 bits per heavy atom. The molecule has 0 aliphatic carbocycles. The van der Waals surface area contributed by atoms with Crippen LogP contribution in [-0.4, -0.2) is 40.6 Å². The fourth-order valence-electron chi connectivity index (χ4n) is 3.63. The average molecular weight is 535 g/mol. The minimum absolute atomic E-state index is 0.0433. The number of nitrogens with one attached hydrogen (secondary N) is 1. The van der Waals surface area contributed by atoms with E-state index in [1.54, 1.807) is 17.0 Å². The maximum atomic E-state index is 13.7. The van der Waals surface area contributed by atoms with E-state index in [2.05, 4.69) is 55.3 Å². The van der Waals surface area contributed by atoms with Crippen molar-refractivity contribution in [2.24, 2.45) is 0 Å². The zero-order valence-electron chi connectivity index (χ0n) is 20.1. The molecule has 2 aromatic carbocycles. The smallest absolute Gasteiger partial charge is 0.257 e. The fraction of sp³-hybridized carbons (Fsp3) is 0.333. The van der Waals surface area contributed by atoms with Crippen molar-refractivity contribution in [1.29, 1.82) is 0 Å². The van der Waals surface area contributed by atoms with E-state index in [-0.39, 0.29) is 24.5 Å². The standard InChI is InChI=1S/C27H30Cl3N3O2/c1-27(2,3)20-7-4-19(5-8-20)17-33(12-10-18-6-9-23(29)24(30)14-18)26(35)22-15-21(28)16-32-25(22)31-11-13-34/h4-9,14-16,34H,10-13,17H2,1-3H3,(H,31,32). The molecule has 0 atom stereocenters. The Labute approximate surface area is 222 Å². The van der Waals surface area contributed by atoms with Gasteiger partial charge in [0, 0.05) is 25.8 Å². The lowest BCUT2D eigenvalue weighted by atomic mass is 9.87. The summed E-state index contributed by atoms with van der Waals surface area (Å²) >= 11 is 18.4. The molecule has 0 aliphatic heterocycles. The lowest BCUT2D eigenvalue weighted by Crippen LogP contribution is -2.33. The Hall–Kier alpha value is -2.31. The second kappa shape index (κ2) is 12.1. The molecular weight excluding hydrogens is 505 g/mol. The number of nitrogens with zero attached hydrogens (tertiary/aromatic N) is 2. The van der Waals surface area contributed by atoms with Gasteiger partial charge in [-0.2, -0.15) is 0 Å². The molecule has 0 unspecified atom stereocenters. The number of carbonyl (C=O) groups is 1. The number of aliphatic hydroxyl groups is 1. The second-order valence-corrected chi connectivity index (χ2v) is 10.6. The van der Waals surface area contributed by atoms with Crippen molar-refractivity contribution >= 4 is 46.5 Å². The van der Waals surface area contributed by atoms with Gasteiger partial charge in [0.2, 0.25) is 0 Å². The normalized spacial score (nSPS) is 11.4. The van der Waals surface area contributed by atoms with Crippen molar-refractivity contribution in [1.82, 2.24) is 9.88 Å². The maximum absolute atomic E-state index is 13.7. The average Bonchev–Trinajstić information content (AvgIpc) is 2.82. The molecule has 1 amide bonds. The van der Waals surface area contributed by atoms with Crippen LogP contribution in [0, 0.1) is 0 Å². The van der Waals surface area contributed by atoms with Gasteiger partial charge in [-0.3, -0.25) is 4.79 Å². The molecule has 0 fully saturated rings. The van der Waals surface area contributed by atoms with Crippen LogP contribution in [0.2, 0.25) is 15.1 Å². The molecule has 0 spiro atoms. The summed E-state index contributed by atoms with van der Waals surface area (Å²) in [4.78, 5) is 19.8. The summed E-state index contributed by atoms with van der Waals surface area (Å²) in [5.74, 6) is 0.177. The minimum atomic E-state index is -0.208. The number of halogens is 3. The van der Waals surface area contributed by atoms with Crippen LogP contribution in [0.5, 0.6) is 0 Å². The Kier molecular flexibility index (Phi) is 9.42. The number of carbonyl (C=O) groups excluding carboxylic acids is 1. The first-order valence-corrected chi connectivity index (χ1v) is 12.5. The van der Waals surface area contributed by atoms with Crippen LogP contribution in [0.15, 0.2) is 54.7 Å². The molecular formula is C27H30Cl3N3O2. The molecule has 0 saturated carbocycles. The van der Waals surface area contributed by atoms with Gasteiger partial charge >= 0.3 is 0 Å². The predicted octanol–water partition coefficient (Wildman–Crippen LogP) is 6.63. The highest BCUT2D eigenvalue weighted by Gasteiger charge is 2.22. The van der Waals surface area contributed by atoms with Crippen molar-refractivity contribution in [3.8, 4) is 0 Å². The van der Waals surface area contributed by atoms with E-state index < -0.39 is 0 Å². The molecule has 3 rings (SSSR count). The molecule has 186 valence electrons. The maximum Gasteiger partial charge on any atom is 0.257 e. The summed E-state index contributed by atoms with van der Waals surface area (Å²) in [5.41, 5.74) is 3.61. The van der Waals surface area contributed by atoms with Crippen molar-refractivity contribution in [3.05, 3.63) is 92.0 Å². The number of benzene rings is 2. The summed E-state index contributed by atoms with van der Waals surface area (Å²) in [5, 5.41) is 13.6. The molecule has 0 saturated heterocycles. The lowest BCUT2D eigenvalue weighted by molar-refractivity contribution is 0.0745. The van der Waals surface area contributed by atoms with Gasteiger partial charge in [0.1, 0.15) is 5.82 Å². The highest BCUT2D eigenvalue weighted by Crippen LogP contribution is 2.26. The highest BCUT2D eigenvalue weighted by atomic mass is 35.5. The number of aromatic nitrogens is 1. The largest absolute Gasteiger partial charge is 0.395 e. The molecule has 2 N–H and O–H groups in total. The van der Waals surface area contributed by atoms with Gasteiger partial charge in [0.15, 0.2) is 0 Å². The Bertz CT molecular complexity index is 1160. The summed E-state index contributed by atoms with van der Waals surface area (Å²) in [6.45, 7) is 7.55. The lowest BCUT2D eigenvalue weighted by Gasteiger charge is -2.25. The number of anilines is 1. The SMILES string of the molecule is CC(C)(C)c1ccc(CN(CCc2ccc(Cl)c(Cl)c2)C(=O)c2cc(Cl)cnc2NCCO)cc1. The van der Waals surface area contributed by atoms with Crippen LogP contribution in [0.3, 0.4) is 0 Å². The van der Waals surface area contributed by atoms with Crippen molar-refractivity contribution in [2.45, 2.75) is 39.2 Å². The molecule has 0 aliphatic rings. The second-order valence-electron chi connectivity index (χ2n) is 9.37. The van der Waals surface area contributed by atoms with E-state index in [9.17, 15) is 9.90 Å². The van der Waals surface area contributed by atoms with E-state index in [1.807, 2.05) is 12.1 Å². The van der Waals surface area contributed by atoms with Gasteiger partial charge in [-0.1, -0.05) is 85.9 Å². The summed E-state index contributed by atoms with van der Waals surface area (Å²) < 4.78 is 0. The van der Waals surface area contributed by atoms with Gasteiger partial charge in [-0.05, 0) is 46.7 Å². The third-order valence-corrected chi connectivity index (χ3v) is 6.57. The number of rotatable bonds is 9. The number of aliphatic hydroxyl groups excluding tert-OH is 1. The minimum Gasteiger partial charge on any atom is -0.395 e. The topological polar surface area (TPSA) is 65.5 Å². The zero-order valence-corrected chi connectivity index (χ0v) is 22.4. The summed E-state index contributed by atoms with van der Waals surface area (Å²) in [6.07, 6.45) is 2.07. The van der Waals surface area contributed by atoms with Crippen LogP contribution >= 0.6 is 34.8 Å². The van der Waals surface area contributed by atoms with E-state index >= 15 is 0 Å². The molecule has 35 heavy (non-hydrogen) atoms. The highest BCUT2D eigenvalue weighted by molar-refractivity contribution is 6.42. The number of hydrogen-bond donors (Lipinski definition) is 2. The fourth-order valence-corrected chi connectivity index (χ4v) is 4.11. The first-order valence-electron chi connectivity index (χ1n) is 11.4. The van der Waals surface area contributed by atoms with Crippen LogP contribution in [0.1, 0.15) is 47.8 Å². The van der Waals surface area contributed by atoms with Crippen LogP contribution in [-0.2, 0) is 18.4 Å². The zero-order chi connectivity index (χ0) is 25.6. The molecule has 0 radical (unpaired) electrons. The monoisotopic (exact) mass is 533 g/mol. The third kappa shape index (κ3) is 7.58. The van der Waals surface area contributed by atoms with Crippen molar-refractivity contribution < 1.29 is 9.90 Å². The molecule has 8 heteroatoms. The first kappa shape index (κ1) is 27.3. The van der Waals surface area contributed by atoms with Gasteiger partial charge in [0.25, 0.3) is 5.91 Å². The van der Waals surface area contributed by atoms with Crippen molar-refractivity contribution in [2.75, 3.05) is 25.0 Å². The summed E-state index contributed by atoms with van der Waals surface area (Å²) in [7, 11) is 0. The molecule has 1 aromatic heterocycles. The van der Waals surface area contributed by atoms with Crippen molar-refractivity contribution in [3.63, 3.8) is 0 Å². The van der Waals surface area contributed by atoms with Gasteiger partial charge < -0.3 is 15.3 Å². The van der Waals surface area contributed by atoms with Crippen LogP contribution in [0.4, 0.5) is 5.82 Å². The summed E-state index contributed by atoms with van der Waals surface area (Å²) in [6, 6.07) is 15.4. The predicted molar refractivity (Wildman–Crippen MR) is 145 cm³/mol. The van der Waals surface area contributed by atoms with Gasteiger partial charge in [-0.15, -0.1) is 0 Å². The Balaban J connectivity index is 1.90. The Morgan fingerprint density at radius 2 is 1.69 bits per heavy atom. The first-order chi connectivity index (χ1) is 16.6. The van der Waals surface area contributed by atoms with E-state index in [0.29, 0.717) is 46.0 Å². The van der Waals surface area contributed by atoms with E-state index in [0.717, 1.165) is 11.1 Å². The number of pyridine rings is 1. The van der Waals surface area contributed by atoms with Crippen LogP contribution in [0.25, 0.3) is 0 Å². The van der Waals surface area contributed by atoms with E-state index in [1.165, 1.54) is 11.8 Å². The molecule has 1 heterocycles. The Morgan fingerprint density at radius 1 is 1.00 bits per heavy atom. The van der Waals surface area contributed by atoms with Crippen LogP contribution < -0.4 is 5.32 Å². The van der Waals surface area contributed by atoms with E-state index in [4.69, 9.17) is 34.8 Å². The number of hydrogen-bond acceptors (Lipinski definition) is 4. The van der Waals surface area contributed by atoms with Gasteiger partial charge in [0.05, 0.1) is 27.2 Å².